The normalized spacial score (nSPS) is 11.4. The van der Waals surface area contributed by atoms with Gasteiger partial charge in [-0.25, -0.2) is 4.99 Å². The third kappa shape index (κ3) is 5.26. The average Bonchev–Trinajstić information content (AvgIpc) is 2.99. The van der Waals surface area contributed by atoms with Crippen molar-refractivity contribution in [2.24, 2.45) is 4.99 Å². The lowest BCUT2D eigenvalue weighted by atomic mass is 10.1. The second-order valence-corrected chi connectivity index (χ2v) is 5.41. The van der Waals surface area contributed by atoms with Gasteiger partial charge in [0.25, 0.3) is 0 Å². The van der Waals surface area contributed by atoms with E-state index in [4.69, 9.17) is 9.26 Å². The molecule has 2 aromatic rings. The monoisotopic (exact) mass is 331 g/mol. The molecule has 2 N–H and O–H groups in total. The smallest absolute Gasteiger partial charge is 0.248 e. The van der Waals surface area contributed by atoms with Crippen LogP contribution in [0.3, 0.4) is 0 Å². The second kappa shape index (κ2) is 8.90. The van der Waals surface area contributed by atoms with Gasteiger partial charge < -0.3 is 19.9 Å². The summed E-state index contributed by atoms with van der Waals surface area (Å²) in [5.74, 6) is 2.77. The minimum absolute atomic E-state index is 0.356. The summed E-state index contributed by atoms with van der Waals surface area (Å²) in [4.78, 5) is 8.59. The molecule has 0 saturated carbocycles. The molecule has 0 aliphatic rings. The van der Waals surface area contributed by atoms with Gasteiger partial charge in [0, 0.05) is 13.1 Å². The van der Waals surface area contributed by atoms with E-state index in [0.29, 0.717) is 18.3 Å². The van der Waals surface area contributed by atoms with Crippen molar-refractivity contribution < 1.29 is 9.26 Å². The number of benzene rings is 1. The molecule has 0 spiro atoms. The Hall–Kier alpha value is -2.57. The Kier molecular flexibility index (Phi) is 6.60. The molecule has 1 aromatic heterocycles. The fourth-order valence-corrected chi connectivity index (χ4v) is 2.24. The first-order valence-electron chi connectivity index (χ1n) is 8.07. The van der Waals surface area contributed by atoms with Crippen LogP contribution in [0.5, 0.6) is 5.75 Å². The van der Waals surface area contributed by atoms with Crippen LogP contribution in [-0.2, 0) is 13.0 Å². The summed E-state index contributed by atoms with van der Waals surface area (Å²) in [6.07, 6.45) is 0.876. The molecule has 7 heteroatoms. The predicted octanol–water partition coefficient (Wildman–Crippen LogP) is 1.99. The Morgan fingerprint density at radius 2 is 2.12 bits per heavy atom. The van der Waals surface area contributed by atoms with Crippen LogP contribution >= 0.6 is 0 Å². The van der Waals surface area contributed by atoms with Gasteiger partial charge in [-0.05, 0) is 44.4 Å². The van der Waals surface area contributed by atoms with E-state index in [9.17, 15) is 0 Å². The first-order valence-corrected chi connectivity index (χ1v) is 8.07. The zero-order chi connectivity index (χ0) is 17.4. The highest BCUT2D eigenvalue weighted by molar-refractivity contribution is 5.79. The van der Waals surface area contributed by atoms with Gasteiger partial charge in [-0.2, -0.15) is 4.98 Å². The molecule has 7 nitrogen and oxygen atoms in total. The number of nitrogens with zero attached hydrogens (tertiary/aromatic N) is 3. The van der Waals surface area contributed by atoms with E-state index in [1.54, 1.807) is 14.0 Å². The van der Waals surface area contributed by atoms with E-state index >= 15 is 0 Å². The highest BCUT2D eigenvalue weighted by atomic mass is 16.5. The first-order chi connectivity index (χ1) is 11.6. The highest BCUT2D eigenvalue weighted by Crippen LogP contribution is 2.18. The van der Waals surface area contributed by atoms with Crippen molar-refractivity contribution in [3.63, 3.8) is 0 Å². The topological polar surface area (TPSA) is 84.6 Å². The van der Waals surface area contributed by atoms with Crippen molar-refractivity contribution in [3.8, 4) is 5.75 Å². The maximum absolute atomic E-state index is 5.36. The molecule has 0 unspecified atom stereocenters. The van der Waals surface area contributed by atoms with Crippen LogP contribution in [0.25, 0.3) is 0 Å². The summed E-state index contributed by atoms with van der Waals surface area (Å²) < 4.78 is 10.4. The summed E-state index contributed by atoms with van der Waals surface area (Å²) in [5.41, 5.74) is 2.35. The maximum atomic E-state index is 5.36. The van der Waals surface area contributed by atoms with Crippen LogP contribution in [0.15, 0.2) is 27.7 Å². The maximum Gasteiger partial charge on any atom is 0.248 e. The van der Waals surface area contributed by atoms with E-state index < -0.39 is 0 Å². The molecule has 0 aliphatic heterocycles. The average molecular weight is 331 g/mol. The number of rotatable bonds is 7. The number of nitrogens with one attached hydrogen (secondary N) is 2. The fourth-order valence-electron chi connectivity index (χ4n) is 2.24. The summed E-state index contributed by atoms with van der Waals surface area (Å²) >= 11 is 0. The lowest BCUT2D eigenvalue weighted by molar-refractivity contribution is 0.376. The highest BCUT2D eigenvalue weighted by Gasteiger charge is 2.04. The first kappa shape index (κ1) is 17.8. The van der Waals surface area contributed by atoms with E-state index in [0.717, 1.165) is 36.8 Å². The molecule has 1 aromatic carbocycles. The van der Waals surface area contributed by atoms with Crippen molar-refractivity contribution in [2.45, 2.75) is 33.7 Å². The van der Waals surface area contributed by atoms with Gasteiger partial charge in [-0.15, -0.1) is 0 Å². The van der Waals surface area contributed by atoms with Gasteiger partial charge in [0.1, 0.15) is 12.3 Å². The van der Waals surface area contributed by atoms with Crippen LogP contribution in [0.1, 0.15) is 29.8 Å². The molecular formula is C17H25N5O2. The molecule has 0 atom stereocenters. The van der Waals surface area contributed by atoms with Crippen LogP contribution in [0.4, 0.5) is 0 Å². The van der Waals surface area contributed by atoms with Crippen LogP contribution < -0.4 is 15.4 Å². The lowest BCUT2D eigenvalue weighted by Crippen LogP contribution is -2.38. The van der Waals surface area contributed by atoms with Crippen LogP contribution in [0, 0.1) is 13.8 Å². The molecule has 0 aliphatic carbocycles. The Bertz CT molecular complexity index is 681. The zero-order valence-corrected chi connectivity index (χ0v) is 14.7. The largest absolute Gasteiger partial charge is 0.496 e. The molecule has 2 rings (SSSR count). The minimum atomic E-state index is 0.356. The molecule has 1 heterocycles. The SMILES string of the molecule is CCNC(=NCc1nc(C)no1)NCCc1ccc(C)c(OC)c1. The Morgan fingerprint density at radius 1 is 1.29 bits per heavy atom. The number of hydrogen-bond acceptors (Lipinski definition) is 5. The number of hydrogen-bond donors (Lipinski definition) is 2. The van der Waals surface area contributed by atoms with Gasteiger partial charge in [0.05, 0.1) is 7.11 Å². The number of ether oxygens (including phenoxy) is 1. The van der Waals surface area contributed by atoms with E-state index in [2.05, 4.69) is 44.0 Å². The third-order valence-electron chi connectivity index (χ3n) is 3.46. The standard InChI is InChI=1S/C17H25N5O2/c1-5-18-17(20-11-16-21-13(3)22-24-16)19-9-8-14-7-6-12(2)15(10-14)23-4/h6-7,10H,5,8-9,11H2,1-4H3,(H2,18,19,20). The zero-order valence-electron chi connectivity index (χ0n) is 14.7. The summed E-state index contributed by atoms with van der Waals surface area (Å²) in [6, 6.07) is 6.26. The van der Waals surface area contributed by atoms with Crippen molar-refractivity contribution >= 4 is 5.96 Å². The summed E-state index contributed by atoms with van der Waals surface area (Å²) in [7, 11) is 1.69. The summed E-state index contributed by atoms with van der Waals surface area (Å²) in [5, 5.41) is 10.3. The summed E-state index contributed by atoms with van der Waals surface area (Å²) in [6.45, 7) is 7.76. The lowest BCUT2D eigenvalue weighted by Gasteiger charge is -2.12. The van der Waals surface area contributed by atoms with E-state index in [-0.39, 0.29) is 0 Å². The van der Waals surface area contributed by atoms with Gasteiger partial charge in [-0.3, -0.25) is 0 Å². The minimum Gasteiger partial charge on any atom is -0.496 e. The molecule has 0 radical (unpaired) electrons. The van der Waals surface area contributed by atoms with Crippen LogP contribution in [0.2, 0.25) is 0 Å². The number of aliphatic imine (C=N–C) groups is 1. The molecule has 0 fully saturated rings. The predicted molar refractivity (Wildman–Crippen MR) is 93.3 cm³/mol. The Labute approximate surface area is 142 Å². The second-order valence-electron chi connectivity index (χ2n) is 5.41. The van der Waals surface area contributed by atoms with Crippen molar-refractivity contribution in [1.29, 1.82) is 0 Å². The molecule has 0 bridgehead atoms. The van der Waals surface area contributed by atoms with E-state index in [1.165, 1.54) is 5.56 Å². The van der Waals surface area contributed by atoms with Crippen molar-refractivity contribution in [2.75, 3.05) is 20.2 Å². The van der Waals surface area contributed by atoms with Gasteiger partial charge in [0.15, 0.2) is 11.8 Å². The van der Waals surface area contributed by atoms with Crippen molar-refractivity contribution in [1.82, 2.24) is 20.8 Å². The molecule has 0 amide bonds. The van der Waals surface area contributed by atoms with Gasteiger partial charge in [-0.1, -0.05) is 17.3 Å². The molecule has 24 heavy (non-hydrogen) atoms. The van der Waals surface area contributed by atoms with Gasteiger partial charge >= 0.3 is 0 Å². The van der Waals surface area contributed by atoms with Crippen molar-refractivity contribution in [3.05, 3.63) is 41.0 Å². The Morgan fingerprint density at radius 3 is 2.79 bits per heavy atom. The quantitative estimate of drug-likeness (QED) is 0.596. The number of methoxy groups -OCH3 is 1. The van der Waals surface area contributed by atoms with Crippen LogP contribution in [-0.4, -0.2) is 36.3 Å². The number of aryl methyl sites for hydroxylation is 2. The van der Waals surface area contributed by atoms with Gasteiger partial charge in [0.2, 0.25) is 5.89 Å². The third-order valence-corrected chi connectivity index (χ3v) is 3.46. The fraction of sp³-hybridized carbons (Fsp3) is 0.471. The molecule has 130 valence electrons. The number of guanidine groups is 1. The number of aromatic nitrogens is 2. The van der Waals surface area contributed by atoms with E-state index in [1.807, 2.05) is 13.8 Å². The molecule has 0 saturated heterocycles. The molecular weight excluding hydrogens is 306 g/mol. The Balaban J connectivity index is 1.89.